The van der Waals surface area contributed by atoms with Crippen LogP contribution in [0.2, 0.25) is 0 Å². The third-order valence-electron chi connectivity index (χ3n) is 3.92. The van der Waals surface area contributed by atoms with Crippen LogP contribution in [-0.4, -0.2) is 15.5 Å². The topological polar surface area (TPSA) is 66.9 Å². The van der Waals surface area contributed by atoms with Gasteiger partial charge in [-0.1, -0.05) is 0 Å². The number of H-pyrrole nitrogens is 1. The predicted octanol–water partition coefficient (Wildman–Crippen LogP) is 3.86. The van der Waals surface area contributed by atoms with Crippen LogP contribution in [0.15, 0.2) is 23.0 Å². The summed E-state index contributed by atoms with van der Waals surface area (Å²) in [6.07, 6.45) is -10.3. The third kappa shape index (κ3) is 4.92. The number of amides is 1. The van der Waals surface area contributed by atoms with Gasteiger partial charge < -0.3 is 10.3 Å². The lowest BCUT2D eigenvalue weighted by atomic mass is 10.1. The molecule has 0 radical (unpaired) electrons. The first kappa shape index (κ1) is 20.6. The van der Waals surface area contributed by atoms with Crippen molar-refractivity contribution in [3.63, 3.8) is 0 Å². The molecule has 0 aliphatic heterocycles. The number of nitrogens with one attached hydrogen (secondary N) is 2. The highest BCUT2D eigenvalue weighted by Gasteiger charge is 2.37. The second-order valence-corrected chi connectivity index (χ2v) is 5.88. The van der Waals surface area contributed by atoms with Gasteiger partial charge in [-0.15, -0.1) is 0 Å². The Balaban J connectivity index is 2.20. The van der Waals surface area contributed by atoms with Gasteiger partial charge in [-0.05, 0) is 32.0 Å². The van der Waals surface area contributed by atoms with E-state index in [1.54, 1.807) is 13.8 Å². The zero-order chi connectivity index (χ0) is 20.6. The number of aromatic amines is 1. The molecule has 148 valence electrons. The average molecular weight is 395 g/mol. The van der Waals surface area contributed by atoms with E-state index >= 15 is 0 Å². The number of hydrogen-bond acceptors (Lipinski definition) is 2. The Hall–Kier alpha value is -2.72. The number of alkyl halides is 6. The maximum absolute atomic E-state index is 12.8. The van der Waals surface area contributed by atoms with Crippen molar-refractivity contribution in [2.75, 3.05) is 5.32 Å². The number of nitrogens with zero attached hydrogens (tertiary/aromatic N) is 1. The quantitative estimate of drug-likeness (QED) is 0.773. The van der Waals surface area contributed by atoms with Crippen molar-refractivity contribution in [2.45, 2.75) is 39.2 Å². The Morgan fingerprint density at radius 2 is 1.56 bits per heavy atom. The number of carbonyl (C=O) groups excluding carboxylic acids is 1. The van der Waals surface area contributed by atoms with Crippen LogP contribution in [0.1, 0.15) is 28.9 Å². The third-order valence-corrected chi connectivity index (χ3v) is 3.92. The second kappa shape index (κ2) is 7.12. The number of benzene rings is 1. The number of aromatic nitrogens is 2. The van der Waals surface area contributed by atoms with Crippen LogP contribution in [0, 0.1) is 13.8 Å². The summed E-state index contributed by atoms with van der Waals surface area (Å²) >= 11 is 0. The van der Waals surface area contributed by atoms with Gasteiger partial charge in [-0.25, -0.2) is 4.79 Å². The molecule has 0 saturated carbocycles. The normalized spacial score (nSPS) is 12.3. The number of carbonyl (C=O) groups is 1. The standard InChI is InChI=1S/C16H15F6N3O2/c1-8-9(2)25(14(27)23-8)4-3-13(26)24-12-6-10(15(17,18)19)5-11(7-12)16(20,21)22/h5-7H,3-4H2,1-2H3,(H,23,27)(H,24,26). The predicted molar refractivity (Wildman–Crippen MR) is 84.2 cm³/mol. The van der Waals surface area contributed by atoms with Crippen molar-refractivity contribution in [3.8, 4) is 0 Å². The van der Waals surface area contributed by atoms with Crippen LogP contribution in [0.25, 0.3) is 0 Å². The highest BCUT2D eigenvalue weighted by atomic mass is 19.4. The van der Waals surface area contributed by atoms with Gasteiger partial charge in [0.05, 0.1) is 11.1 Å². The molecule has 0 spiro atoms. The first-order valence-corrected chi connectivity index (χ1v) is 7.64. The van der Waals surface area contributed by atoms with E-state index in [-0.39, 0.29) is 19.0 Å². The maximum atomic E-state index is 12.8. The molecule has 0 aliphatic rings. The van der Waals surface area contributed by atoms with Crippen LogP contribution in [0.4, 0.5) is 32.0 Å². The molecule has 2 N–H and O–H groups in total. The highest BCUT2D eigenvalue weighted by Crippen LogP contribution is 2.37. The molecule has 11 heteroatoms. The number of hydrogen-bond donors (Lipinski definition) is 2. The molecular formula is C16H15F6N3O2. The molecule has 0 atom stereocenters. The van der Waals surface area contributed by atoms with Crippen LogP contribution < -0.4 is 11.0 Å². The number of imidazole rings is 1. The van der Waals surface area contributed by atoms with Gasteiger partial charge in [-0.3, -0.25) is 9.36 Å². The van der Waals surface area contributed by atoms with E-state index in [1.165, 1.54) is 4.57 Å². The van der Waals surface area contributed by atoms with Crippen LogP contribution in [-0.2, 0) is 23.7 Å². The van der Waals surface area contributed by atoms with Crippen LogP contribution >= 0.6 is 0 Å². The fraction of sp³-hybridized carbons (Fsp3) is 0.375. The first-order chi connectivity index (χ1) is 12.3. The summed E-state index contributed by atoms with van der Waals surface area (Å²) in [6, 6.07) is 0.817. The molecule has 0 saturated heterocycles. The monoisotopic (exact) mass is 395 g/mol. The zero-order valence-electron chi connectivity index (χ0n) is 14.2. The molecule has 0 aliphatic carbocycles. The van der Waals surface area contributed by atoms with E-state index in [0.29, 0.717) is 23.5 Å². The van der Waals surface area contributed by atoms with Gasteiger partial charge in [-0.2, -0.15) is 26.3 Å². The van der Waals surface area contributed by atoms with Gasteiger partial charge in [0.15, 0.2) is 0 Å². The molecule has 0 fully saturated rings. The van der Waals surface area contributed by atoms with Gasteiger partial charge in [0.1, 0.15) is 0 Å². The summed E-state index contributed by atoms with van der Waals surface area (Å²) < 4.78 is 78.1. The van der Waals surface area contributed by atoms with Crippen molar-refractivity contribution in [3.05, 3.63) is 51.2 Å². The van der Waals surface area contributed by atoms with Crippen molar-refractivity contribution >= 4 is 11.6 Å². The van der Waals surface area contributed by atoms with Crippen LogP contribution in [0.3, 0.4) is 0 Å². The lowest BCUT2D eigenvalue weighted by Crippen LogP contribution is -2.22. The van der Waals surface area contributed by atoms with Crippen molar-refractivity contribution in [1.82, 2.24) is 9.55 Å². The van der Waals surface area contributed by atoms with E-state index in [4.69, 9.17) is 0 Å². The minimum atomic E-state index is -5.01. The Morgan fingerprint density at radius 3 is 1.96 bits per heavy atom. The molecule has 0 bridgehead atoms. The fourth-order valence-electron chi connectivity index (χ4n) is 2.41. The lowest BCUT2D eigenvalue weighted by Gasteiger charge is -2.15. The lowest BCUT2D eigenvalue weighted by molar-refractivity contribution is -0.143. The molecule has 0 unspecified atom stereocenters. The molecule has 1 aromatic heterocycles. The van der Waals surface area contributed by atoms with E-state index in [1.807, 2.05) is 5.32 Å². The van der Waals surface area contributed by atoms with Crippen LogP contribution in [0.5, 0.6) is 0 Å². The van der Waals surface area contributed by atoms with E-state index in [9.17, 15) is 35.9 Å². The number of anilines is 1. The summed E-state index contributed by atoms with van der Waals surface area (Å²) in [6.45, 7) is 3.20. The van der Waals surface area contributed by atoms with Crippen molar-refractivity contribution in [1.29, 1.82) is 0 Å². The van der Waals surface area contributed by atoms with E-state index in [0.717, 1.165) is 0 Å². The number of halogens is 6. The minimum absolute atomic E-state index is 0.0266. The second-order valence-electron chi connectivity index (χ2n) is 5.88. The fourth-order valence-corrected chi connectivity index (χ4v) is 2.41. The smallest absolute Gasteiger partial charge is 0.326 e. The average Bonchev–Trinajstić information content (AvgIpc) is 2.76. The molecule has 2 rings (SSSR count). The molecule has 1 amide bonds. The van der Waals surface area contributed by atoms with Gasteiger partial charge in [0.2, 0.25) is 5.91 Å². The Bertz CT molecular complexity index is 876. The molecular weight excluding hydrogens is 380 g/mol. The van der Waals surface area contributed by atoms with Gasteiger partial charge in [0, 0.05) is 30.0 Å². The van der Waals surface area contributed by atoms with E-state index in [2.05, 4.69) is 4.98 Å². The number of rotatable bonds is 4. The maximum Gasteiger partial charge on any atom is 0.416 e. The van der Waals surface area contributed by atoms with Crippen molar-refractivity contribution in [2.24, 2.45) is 0 Å². The first-order valence-electron chi connectivity index (χ1n) is 7.64. The summed E-state index contributed by atoms with van der Waals surface area (Å²) in [4.78, 5) is 26.1. The summed E-state index contributed by atoms with van der Waals surface area (Å²) in [5.41, 5.74) is -2.98. The Morgan fingerprint density at radius 1 is 1.04 bits per heavy atom. The Kier molecular flexibility index (Phi) is 5.43. The Labute approximate surface area is 149 Å². The summed E-state index contributed by atoms with van der Waals surface area (Å²) in [5.74, 6) is -0.826. The van der Waals surface area contributed by atoms with Gasteiger partial charge >= 0.3 is 18.0 Å². The molecule has 2 aromatic rings. The summed E-state index contributed by atoms with van der Waals surface area (Å²) in [7, 11) is 0. The molecule has 1 aromatic carbocycles. The summed E-state index contributed by atoms with van der Waals surface area (Å²) in [5, 5.41) is 2.02. The zero-order valence-corrected chi connectivity index (χ0v) is 14.2. The SMILES string of the molecule is Cc1[nH]c(=O)n(CCC(=O)Nc2cc(C(F)(F)F)cc(C(F)(F)F)c2)c1C. The minimum Gasteiger partial charge on any atom is -0.326 e. The van der Waals surface area contributed by atoms with E-state index < -0.39 is 40.8 Å². The molecule has 27 heavy (non-hydrogen) atoms. The van der Waals surface area contributed by atoms with Crippen molar-refractivity contribution < 1.29 is 31.1 Å². The molecule has 1 heterocycles. The molecule has 5 nitrogen and oxygen atoms in total. The largest absolute Gasteiger partial charge is 0.416 e. The number of aryl methyl sites for hydroxylation is 1. The highest BCUT2D eigenvalue weighted by molar-refractivity contribution is 5.90. The van der Waals surface area contributed by atoms with Gasteiger partial charge in [0.25, 0.3) is 0 Å².